The number of hydrogen-bond acceptors (Lipinski definition) is 4. The van der Waals surface area contributed by atoms with Gasteiger partial charge in [0, 0.05) is 30.1 Å². The van der Waals surface area contributed by atoms with Gasteiger partial charge in [0.15, 0.2) is 5.60 Å². The zero-order chi connectivity index (χ0) is 28.2. The number of fused-ring (bicyclic) bond motifs is 1. The summed E-state index contributed by atoms with van der Waals surface area (Å²) in [4.78, 5) is 11.8. The van der Waals surface area contributed by atoms with E-state index in [1.807, 2.05) is 6.07 Å². The summed E-state index contributed by atoms with van der Waals surface area (Å²) < 4.78 is 63.5. The lowest BCUT2D eigenvalue weighted by atomic mass is 9.88. The molecule has 0 bridgehead atoms. The first kappa shape index (κ1) is 27.6. The van der Waals surface area contributed by atoms with Gasteiger partial charge in [-0.15, -0.1) is 0 Å². The summed E-state index contributed by atoms with van der Waals surface area (Å²) in [7, 11) is 0. The van der Waals surface area contributed by atoms with Crippen LogP contribution in [0.15, 0.2) is 79.0 Å². The van der Waals surface area contributed by atoms with E-state index in [-0.39, 0.29) is 29.7 Å². The molecule has 0 saturated carbocycles. The average molecular weight is 537 g/mol. The molecule has 3 aromatic carbocycles. The van der Waals surface area contributed by atoms with Gasteiger partial charge >= 0.3 is 12.1 Å². The Hall–Kier alpha value is -4.42. The predicted molar refractivity (Wildman–Crippen MR) is 138 cm³/mol. The summed E-state index contributed by atoms with van der Waals surface area (Å²) in [6.07, 6.45) is -2.00. The Morgan fingerprint density at radius 2 is 1.85 bits per heavy atom. The molecule has 4 aromatic rings. The van der Waals surface area contributed by atoms with Gasteiger partial charge in [0.1, 0.15) is 5.82 Å². The van der Waals surface area contributed by atoms with Crippen LogP contribution in [0.4, 0.5) is 17.6 Å². The Morgan fingerprint density at radius 3 is 2.49 bits per heavy atom. The summed E-state index contributed by atoms with van der Waals surface area (Å²) >= 11 is 0. The lowest BCUT2D eigenvalue weighted by Gasteiger charge is -2.29. The van der Waals surface area contributed by atoms with Crippen molar-refractivity contribution < 1.29 is 32.2 Å². The van der Waals surface area contributed by atoms with Gasteiger partial charge in [-0.1, -0.05) is 42.5 Å². The number of esters is 1. The molecular weight excluding hydrogens is 512 g/mol. The van der Waals surface area contributed by atoms with Crippen molar-refractivity contribution in [2.75, 3.05) is 6.61 Å². The van der Waals surface area contributed by atoms with Crippen LogP contribution >= 0.6 is 0 Å². The van der Waals surface area contributed by atoms with E-state index in [9.17, 15) is 32.7 Å². The second kappa shape index (κ2) is 11.1. The summed E-state index contributed by atoms with van der Waals surface area (Å²) in [5.41, 5.74) is -1.77. The third-order valence-corrected chi connectivity index (χ3v) is 6.31. The maximum atomic E-state index is 14.4. The zero-order valence-electron chi connectivity index (χ0n) is 20.9. The molecule has 1 atom stereocenters. The molecule has 1 unspecified atom stereocenters. The number of halogens is 4. The number of alkyl halides is 3. The van der Waals surface area contributed by atoms with Crippen molar-refractivity contribution in [1.29, 1.82) is 5.26 Å². The van der Waals surface area contributed by atoms with Gasteiger partial charge in [-0.2, -0.15) is 18.4 Å². The van der Waals surface area contributed by atoms with Crippen molar-refractivity contribution in [2.24, 2.45) is 0 Å². The van der Waals surface area contributed by atoms with Crippen LogP contribution in [-0.2, 0) is 16.9 Å². The van der Waals surface area contributed by atoms with Crippen molar-refractivity contribution in [2.45, 2.75) is 31.7 Å². The Kier molecular flexibility index (Phi) is 7.88. The standard InChI is InChI=1S/C30H24F4N2O3/c1-2-39-28(37)23-11-8-20(9-12-23)6-4-14-29(38,30(32,33)34)26-19-36(18-22-5-3-7-24(31)15-22)27-16-21(17-35)10-13-25(26)27/h3-13,15-16,19,38H,2,14,18H2,1H3/b6-4+. The molecule has 39 heavy (non-hydrogen) atoms. The van der Waals surface area contributed by atoms with Gasteiger partial charge in [0.25, 0.3) is 0 Å². The summed E-state index contributed by atoms with van der Waals surface area (Å²) in [6, 6.07) is 17.9. The summed E-state index contributed by atoms with van der Waals surface area (Å²) in [5, 5.41) is 20.6. The fourth-order valence-electron chi connectivity index (χ4n) is 4.34. The minimum atomic E-state index is -5.04. The first-order valence-corrected chi connectivity index (χ1v) is 12.1. The van der Waals surface area contributed by atoms with E-state index >= 15 is 0 Å². The smallest absolute Gasteiger partial charge is 0.421 e. The van der Waals surface area contributed by atoms with Gasteiger partial charge in [-0.3, -0.25) is 0 Å². The average Bonchev–Trinajstić information content (AvgIpc) is 3.26. The fourth-order valence-corrected chi connectivity index (χ4v) is 4.34. The highest BCUT2D eigenvalue weighted by Crippen LogP contribution is 2.45. The normalized spacial score (nSPS) is 13.4. The van der Waals surface area contributed by atoms with Crippen LogP contribution in [-0.4, -0.2) is 28.4 Å². The molecule has 0 spiro atoms. The lowest BCUT2D eigenvalue weighted by molar-refractivity contribution is -0.264. The van der Waals surface area contributed by atoms with Crippen LogP contribution in [0, 0.1) is 17.1 Å². The van der Waals surface area contributed by atoms with E-state index in [1.54, 1.807) is 25.1 Å². The molecular formula is C30H24F4N2O3. The van der Waals surface area contributed by atoms with Crippen LogP contribution in [0.5, 0.6) is 0 Å². The van der Waals surface area contributed by atoms with Crippen LogP contribution in [0.25, 0.3) is 17.0 Å². The number of carbonyl (C=O) groups excluding carboxylic acids is 1. The molecule has 1 N–H and O–H groups in total. The topological polar surface area (TPSA) is 75.2 Å². The number of benzene rings is 3. The maximum absolute atomic E-state index is 14.4. The van der Waals surface area contributed by atoms with Crippen LogP contribution in [0.3, 0.4) is 0 Å². The number of aromatic nitrogens is 1. The van der Waals surface area contributed by atoms with Crippen LogP contribution in [0.1, 0.15) is 46.0 Å². The molecule has 0 aliphatic rings. The van der Waals surface area contributed by atoms with E-state index in [2.05, 4.69) is 0 Å². The molecule has 0 aliphatic heterocycles. The molecule has 0 radical (unpaired) electrons. The molecule has 200 valence electrons. The first-order valence-electron chi connectivity index (χ1n) is 12.1. The monoisotopic (exact) mass is 536 g/mol. The van der Waals surface area contributed by atoms with E-state index in [1.165, 1.54) is 71.4 Å². The Bertz CT molecular complexity index is 1570. The number of rotatable bonds is 8. The molecule has 0 saturated heterocycles. The summed E-state index contributed by atoms with van der Waals surface area (Å²) in [5.74, 6) is -0.997. The molecule has 0 fully saturated rings. The number of nitriles is 1. The SMILES string of the molecule is CCOC(=O)c1ccc(/C=C/CC(O)(c2cn(Cc3cccc(F)c3)c3cc(C#N)ccc23)C(F)(F)F)cc1. The number of carbonyl (C=O) groups is 1. The van der Waals surface area contributed by atoms with E-state index in [0.29, 0.717) is 22.2 Å². The number of nitrogens with zero attached hydrogens (tertiary/aromatic N) is 2. The first-order chi connectivity index (χ1) is 18.6. The van der Waals surface area contributed by atoms with Crippen molar-refractivity contribution >= 4 is 22.9 Å². The van der Waals surface area contributed by atoms with Crippen LogP contribution in [0.2, 0.25) is 0 Å². The van der Waals surface area contributed by atoms with Crippen molar-refractivity contribution in [3.05, 3.63) is 113 Å². The molecule has 4 rings (SSSR count). The third-order valence-electron chi connectivity index (χ3n) is 6.31. The molecule has 9 heteroatoms. The predicted octanol–water partition coefficient (Wildman–Crippen LogP) is 6.73. The molecule has 0 amide bonds. The van der Waals surface area contributed by atoms with Crippen molar-refractivity contribution in [1.82, 2.24) is 4.57 Å². The van der Waals surface area contributed by atoms with Gasteiger partial charge < -0.3 is 14.4 Å². The Labute approximate surface area is 222 Å². The highest BCUT2D eigenvalue weighted by atomic mass is 19.4. The molecule has 5 nitrogen and oxygen atoms in total. The quantitative estimate of drug-likeness (QED) is 0.200. The Morgan fingerprint density at radius 1 is 1.10 bits per heavy atom. The van der Waals surface area contributed by atoms with Gasteiger partial charge in [-0.05, 0) is 54.4 Å². The minimum Gasteiger partial charge on any atom is -0.462 e. The fraction of sp³-hybridized carbons (Fsp3) is 0.200. The third kappa shape index (κ3) is 5.86. The van der Waals surface area contributed by atoms with Gasteiger partial charge in [0.2, 0.25) is 0 Å². The van der Waals surface area contributed by atoms with E-state index < -0.39 is 30.0 Å². The maximum Gasteiger partial charge on any atom is 0.421 e. The van der Waals surface area contributed by atoms with E-state index in [0.717, 1.165) is 0 Å². The number of hydrogen-bond donors (Lipinski definition) is 1. The lowest BCUT2D eigenvalue weighted by Crippen LogP contribution is -2.41. The largest absolute Gasteiger partial charge is 0.462 e. The highest BCUT2D eigenvalue weighted by molar-refractivity contribution is 5.89. The van der Waals surface area contributed by atoms with Crippen molar-refractivity contribution in [3.63, 3.8) is 0 Å². The van der Waals surface area contributed by atoms with Crippen molar-refractivity contribution in [3.8, 4) is 6.07 Å². The van der Waals surface area contributed by atoms with Gasteiger partial charge in [0.05, 0.1) is 29.3 Å². The number of ether oxygens (including phenoxy) is 1. The summed E-state index contributed by atoms with van der Waals surface area (Å²) in [6.45, 7) is 1.92. The van der Waals surface area contributed by atoms with E-state index in [4.69, 9.17) is 4.74 Å². The highest BCUT2D eigenvalue weighted by Gasteiger charge is 2.55. The molecule has 1 heterocycles. The second-order valence-corrected chi connectivity index (χ2v) is 8.95. The van der Waals surface area contributed by atoms with Crippen LogP contribution < -0.4 is 0 Å². The Balaban J connectivity index is 1.72. The number of aliphatic hydroxyl groups is 1. The van der Waals surface area contributed by atoms with Gasteiger partial charge in [-0.25, -0.2) is 9.18 Å². The zero-order valence-corrected chi connectivity index (χ0v) is 20.9. The molecule has 1 aromatic heterocycles. The minimum absolute atomic E-state index is 0.0275. The second-order valence-electron chi connectivity index (χ2n) is 8.95. The molecule has 0 aliphatic carbocycles.